The van der Waals surface area contributed by atoms with Crippen molar-refractivity contribution >= 4 is 27.3 Å². The molecular formula is C13H21BrOS. The normalized spacial score (nSPS) is 15.0. The summed E-state index contributed by atoms with van der Waals surface area (Å²) in [4.78, 5) is 1.27. The Morgan fingerprint density at radius 3 is 2.69 bits per heavy atom. The van der Waals surface area contributed by atoms with Crippen LogP contribution in [0.2, 0.25) is 0 Å². The van der Waals surface area contributed by atoms with Gasteiger partial charge in [0.25, 0.3) is 0 Å². The Bertz CT molecular complexity index is 298. The van der Waals surface area contributed by atoms with Crippen molar-refractivity contribution in [1.29, 1.82) is 0 Å². The Morgan fingerprint density at radius 2 is 2.19 bits per heavy atom. The van der Waals surface area contributed by atoms with Crippen molar-refractivity contribution in [2.24, 2.45) is 5.92 Å². The average molecular weight is 305 g/mol. The molecule has 1 rings (SSSR count). The van der Waals surface area contributed by atoms with E-state index in [0.717, 1.165) is 23.7 Å². The van der Waals surface area contributed by atoms with Gasteiger partial charge >= 0.3 is 0 Å². The molecule has 1 heterocycles. The highest BCUT2D eigenvalue weighted by atomic mass is 79.9. The number of unbranched alkanes of at least 4 members (excludes halogenated alkanes) is 1. The van der Waals surface area contributed by atoms with E-state index in [1.54, 1.807) is 11.3 Å². The Labute approximate surface area is 111 Å². The molecule has 3 heteroatoms. The Morgan fingerprint density at radius 1 is 1.44 bits per heavy atom. The van der Waals surface area contributed by atoms with E-state index in [4.69, 9.17) is 0 Å². The minimum absolute atomic E-state index is 0.179. The highest BCUT2D eigenvalue weighted by Gasteiger charge is 2.17. The number of rotatable bonds is 7. The van der Waals surface area contributed by atoms with Gasteiger partial charge in [-0.2, -0.15) is 0 Å². The van der Waals surface area contributed by atoms with Crippen LogP contribution < -0.4 is 0 Å². The van der Waals surface area contributed by atoms with Crippen LogP contribution in [0.5, 0.6) is 0 Å². The predicted molar refractivity (Wildman–Crippen MR) is 75.0 cm³/mol. The minimum Gasteiger partial charge on any atom is -0.392 e. The lowest BCUT2D eigenvalue weighted by Gasteiger charge is -2.20. The molecule has 0 aliphatic rings. The average Bonchev–Trinajstić information content (AvgIpc) is 2.65. The summed E-state index contributed by atoms with van der Waals surface area (Å²) < 4.78 is 1.13. The van der Waals surface area contributed by atoms with E-state index >= 15 is 0 Å². The molecule has 2 atom stereocenters. The fraction of sp³-hybridized carbons (Fsp3) is 0.692. The number of hydrogen-bond acceptors (Lipinski definition) is 2. The summed E-state index contributed by atoms with van der Waals surface area (Å²) in [7, 11) is 0. The van der Waals surface area contributed by atoms with E-state index in [0.29, 0.717) is 5.92 Å². The van der Waals surface area contributed by atoms with Crippen LogP contribution in [0.1, 0.15) is 44.4 Å². The third-order valence-corrected chi connectivity index (χ3v) is 4.75. The second kappa shape index (κ2) is 7.46. The Kier molecular flexibility index (Phi) is 6.62. The van der Waals surface area contributed by atoms with E-state index in [2.05, 4.69) is 41.2 Å². The highest BCUT2D eigenvalue weighted by molar-refractivity contribution is 9.10. The van der Waals surface area contributed by atoms with Crippen LogP contribution in [0.4, 0.5) is 0 Å². The largest absolute Gasteiger partial charge is 0.392 e. The van der Waals surface area contributed by atoms with Gasteiger partial charge < -0.3 is 5.11 Å². The molecule has 2 unspecified atom stereocenters. The van der Waals surface area contributed by atoms with Gasteiger partial charge in [-0.1, -0.05) is 33.1 Å². The maximum absolute atomic E-state index is 10.2. The fourth-order valence-electron chi connectivity index (χ4n) is 1.97. The van der Waals surface area contributed by atoms with Crippen molar-refractivity contribution in [3.63, 3.8) is 0 Å². The van der Waals surface area contributed by atoms with Crippen LogP contribution >= 0.6 is 27.3 Å². The summed E-state index contributed by atoms with van der Waals surface area (Å²) in [5.41, 5.74) is 0. The molecule has 0 saturated carbocycles. The highest BCUT2D eigenvalue weighted by Crippen LogP contribution is 2.25. The Balaban J connectivity index is 2.45. The van der Waals surface area contributed by atoms with E-state index in [9.17, 15) is 5.11 Å². The summed E-state index contributed by atoms with van der Waals surface area (Å²) in [6.07, 6.45) is 5.30. The first kappa shape index (κ1) is 14.2. The standard InChI is InChI=1S/C13H21BrOS/c1-3-5-6-10(4-2)13(15)8-12-7-11(14)9-16-12/h7,9-10,13,15H,3-6,8H2,1-2H3. The molecule has 1 aromatic heterocycles. The predicted octanol–water partition coefficient (Wildman–Crippen LogP) is 4.63. The summed E-state index contributed by atoms with van der Waals surface area (Å²) in [5.74, 6) is 0.459. The lowest BCUT2D eigenvalue weighted by molar-refractivity contribution is 0.0995. The van der Waals surface area contributed by atoms with Gasteiger partial charge in [0, 0.05) is 21.2 Å². The van der Waals surface area contributed by atoms with Gasteiger partial charge in [0.2, 0.25) is 0 Å². The SMILES string of the molecule is CCCCC(CC)C(O)Cc1cc(Br)cs1. The molecule has 1 nitrogen and oxygen atoms in total. The molecule has 0 spiro atoms. The summed E-state index contributed by atoms with van der Waals surface area (Å²) in [6.45, 7) is 4.38. The van der Waals surface area contributed by atoms with Crippen LogP contribution in [0, 0.1) is 5.92 Å². The molecule has 0 fully saturated rings. The summed E-state index contributed by atoms with van der Waals surface area (Å²) in [6, 6.07) is 2.11. The zero-order valence-electron chi connectivity index (χ0n) is 10.1. The van der Waals surface area contributed by atoms with Crippen molar-refractivity contribution in [3.05, 3.63) is 20.8 Å². The van der Waals surface area contributed by atoms with Crippen LogP contribution in [0.3, 0.4) is 0 Å². The van der Waals surface area contributed by atoms with Gasteiger partial charge in [0.1, 0.15) is 0 Å². The van der Waals surface area contributed by atoms with Crippen LogP contribution in [0.25, 0.3) is 0 Å². The topological polar surface area (TPSA) is 20.2 Å². The smallest absolute Gasteiger partial charge is 0.0616 e. The second-order valence-corrected chi connectivity index (χ2v) is 6.22. The van der Waals surface area contributed by atoms with Crippen molar-refractivity contribution in [1.82, 2.24) is 0 Å². The van der Waals surface area contributed by atoms with E-state index in [1.165, 1.54) is 17.7 Å². The molecule has 0 amide bonds. The van der Waals surface area contributed by atoms with Crippen molar-refractivity contribution in [3.8, 4) is 0 Å². The molecule has 0 aromatic carbocycles. The van der Waals surface area contributed by atoms with E-state index < -0.39 is 0 Å². The first-order valence-electron chi connectivity index (χ1n) is 6.08. The molecule has 92 valence electrons. The third-order valence-electron chi connectivity index (χ3n) is 3.03. The molecular weight excluding hydrogens is 284 g/mol. The number of hydrogen-bond donors (Lipinski definition) is 1. The third kappa shape index (κ3) is 4.56. The zero-order chi connectivity index (χ0) is 12.0. The van der Waals surface area contributed by atoms with Crippen LogP contribution in [-0.2, 0) is 6.42 Å². The number of aliphatic hydroxyl groups excluding tert-OH is 1. The van der Waals surface area contributed by atoms with Crippen molar-refractivity contribution < 1.29 is 5.11 Å². The molecule has 1 N–H and O–H groups in total. The van der Waals surface area contributed by atoms with Gasteiger partial charge in [-0.05, 0) is 34.3 Å². The molecule has 0 aliphatic heterocycles. The van der Waals surface area contributed by atoms with Gasteiger partial charge in [-0.25, -0.2) is 0 Å². The van der Waals surface area contributed by atoms with Gasteiger partial charge in [0.05, 0.1) is 6.10 Å². The van der Waals surface area contributed by atoms with Gasteiger partial charge in [0.15, 0.2) is 0 Å². The molecule has 16 heavy (non-hydrogen) atoms. The van der Waals surface area contributed by atoms with Gasteiger partial charge in [-0.15, -0.1) is 11.3 Å². The maximum Gasteiger partial charge on any atom is 0.0616 e. The zero-order valence-corrected chi connectivity index (χ0v) is 12.5. The first-order valence-corrected chi connectivity index (χ1v) is 7.75. The fourth-order valence-corrected chi connectivity index (χ4v) is 3.47. The van der Waals surface area contributed by atoms with Crippen LogP contribution in [0.15, 0.2) is 15.9 Å². The molecule has 1 aromatic rings. The lowest BCUT2D eigenvalue weighted by Crippen LogP contribution is -2.22. The van der Waals surface area contributed by atoms with E-state index in [-0.39, 0.29) is 6.10 Å². The summed E-state index contributed by atoms with van der Waals surface area (Å²) in [5, 5.41) is 12.3. The first-order chi connectivity index (χ1) is 7.67. The minimum atomic E-state index is -0.179. The molecule has 0 radical (unpaired) electrons. The summed E-state index contributed by atoms with van der Waals surface area (Å²) >= 11 is 5.17. The van der Waals surface area contributed by atoms with Gasteiger partial charge in [-0.3, -0.25) is 0 Å². The van der Waals surface area contributed by atoms with Crippen molar-refractivity contribution in [2.45, 2.75) is 52.1 Å². The monoisotopic (exact) mass is 304 g/mol. The van der Waals surface area contributed by atoms with Crippen molar-refractivity contribution in [2.75, 3.05) is 0 Å². The lowest BCUT2D eigenvalue weighted by atomic mass is 9.91. The quantitative estimate of drug-likeness (QED) is 0.778. The molecule has 0 bridgehead atoms. The van der Waals surface area contributed by atoms with E-state index in [1.807, 2.05) is 0 Å². The Hall–Kier alpha value is 0.140. The molecule has 0 aliphatic carbocycles. The second-order valence-electron chi connectivity index (χ2n) is 4.31. The van der Waals surface area contributed by atoms with Crippen LogP contribution in [-0.4, -0.2) is 11.2 Å². The number of aliphatic hydroxyl groups is 1. The maximum atomic E-state index is 10.2. The number of halogens is 1. The number of thiophene rings is 1. The molecule has 0 saturated heterocycles.